The Kier molecular flexibility index (Phi) is 11.1. The molecule has 8 heteroatoms. The van der Waals surface area contributed by atoms with E-state index in [4.69, 9.17) is 20.2 Å². The number of amides is 1. The van der Waals surface area contributed by atoms with Gasteiger partial charge in [0.1, 0.15) is 6.61 Å². The van der Waals surface area contributed by atoms with Crippen LogP contribution in [0.25, 0.3) is 0 Å². The summed E-state index contributed by atoms with van der Waals surface area (Å²) in [6, 6.07) is 5.99. The lowest BCUT2D eigenvalue weighted by Gasteiger charge is -2.34. The van der Waals surface area contributed by atoms with Crippen LogP contribution < -0.4 is 20.5 Å². The number of ether oxygens (including phenoxy) is 2. The van der Waals surface area contributed by atoms with E-state index in [1.54, 1.807) is 7.11 Å². The van der Waals surface area contributed by atoms with Gasteiger partial charge in [-0.15, -0.1) is 0 Å². The molecule has 0 aliphatic carbocycles. The van der Waals surface area contributed by atoms with Gasteiger partial charge < -0.3 is 30.3 Å². The van der Waals surface area contributed by atoms with E-state index in [1.807, 2.05) is 18.2 Å². The molecule has 0 saturated carbocycles. The Balaban J connectivity index is 2.02. The Hall–Kier alpha value is -2.48. The zero-order valence-electron chi connectivity index (χ0n) is 20.2. The van der Waals surface area contributed by atoms with Crippen LogP contribution in [0.5, 0.6) is 11.5 Å². The second-order valence-corrected chi connectivity index (χ2v) is 8.16. The van der Waals surface area contributed by atoms with Crippen LogP contribution in [-0.2, 0) is 11.3 Å². The minimum absolute atomic E-state index is 0.231. The molecule has 2 rings (SSSR count). The third kappa shape index (κ3) is 8.22. The molecule has 1 unspecified atom stereocenters. The van der Waals surface area contributed by atoms with Crippen molar-refractivity contribution in [2.45, 2.75) is 46.6 Å². The quantitative estimate of drug-likeness (QED) is 0.378. The molecule has 1 fully saturated rings. The highest BCUT2D eigenvalue weighted by Gasteiger charge is 2.23. The van der Waals surface area contributed by atoms with Crippen LogP contribution in [0.2, 0.25) is 0 Å². The van der Waals surface area contributed by atoms with Crippen molar-refractivity contribution >= 4 is 11.9 Å². The van der Waals surface area contributed by atoms with Gasteiger partial charge in [0.25, 0.3) is 0 Å². The number of benzene rings is 1. The number of piperidine rings is 1. The minimum Gasteiger partial charge on any atom is -0.493 e. The summed E-state index contributed by atoms with van der Waals surface area (Å²) in [5.74, 6) is 2.41. The normalized spacial score (nSPS) is 16.8. The summed E-state index contributed by atoms with van der Waals surface area (Å²) in [4.78, 5) is 20.7. The van der Waals surface area contributed by atoms with Crippen molar-refractivity contribution in [3.05, 3.63) is 23.8 Å². The third-order valence-corrected chi connectivity index (χ3v) is 5.84. The molecule has 180 valence electrons. The Morgan fingerprint density at radius 1 is 1.28 bits per heavy atom. The molecule has 1 aromatic carbocycles. The summed E-state index contributed by atoms with van der Waals surface area (Å²) in [5, 5.41) is 3.39. The van der Waals surface area contributed by atoms with Crippen molar-refractivity contribution in [1.29, 1.82) is 0 Å². The smallest absolute Gasteiger partial charge is 0.217 e. The van der Waals surface area contributed by atoms with Gasteiger partial charge in [-0.2, -0.15) is 0 Å². The number of nitrogens with two attached hydrogens (primary N) is 1. The molecule has 0 spiro atoms. The number of nitrogens with zero attached hydrogens (tertiary/aromatic N) is 3. The largest absolute Gasteiger partial charge is 0.493 e. The van der Waals surface area contributed by atoms with Gasteiger partial charge in [0.2, 0.25) is 5.91 Å². The van der Waals surface area contributed by atoms with E-state index < -0.39 is 0 Å². The lowest BCUT2D eigenvalue weighted by Crippen LogP contribution is -2.47. The summed E-state index contributed by atoms with van der Waals surface area (Å²) >= 11 is 0. The lowest BCUT2D eigenvalue weighted by molar-refractivity contribution is -0.119. The van der Waals surface area contributed by atoms with E-state index in [0.717, 1.165) is 75.1 Å². The van der Waals surface area contributed by atoms with Gasteiger partial charge in [0.05, 0.1) is 13.7 Å². The number of methoxy groups -OCH3 is 1. The molecule has 32 heavy (non-hydrogen) atoms. The van der Waals surface area contributed by atoms with Crippen molar-refractivity contribution in [3.63, 3.8) is 0 Å². The molecule has 0 radical (unpaired) electrons. The van der Waals surface area contributed by atoms with Crippen LogP contribution in [0.4, 0.5) is 0 Å². The fraction of sp³-hybridized carbons (Fsp3) is 0.667. The molecule has 1 aromatic rings. The molecule has 8 nitrogen and oxygen atoms in total. The van der Waals surface area contributed by atoms with Gasteiger partial charge in [0.15, 0.2) is 17.5 Å². The Morgan fingerprint density at radius 2 is 2.06 bits per heavy atom. The van der Waals surface area contributed by atoms with E-state index in [2.05, 4.69) is 35.9 Å². The monoisotopic (exact) mass is 447 g/mol. The first kappa shape index (κ1) is 25.8. The number of aliphatic imine (C=N–C) groups is 1. The molecule has 1 saturated heterocycles. The fourth-order valence-electron chi connectivity index (χ4n) is 4.05. The minimum atomic E-state index is -0.231. The van der Waals surface area contributed by atoms with Crippen molar-refractivity contribution in [2.75, 3.05) is 53.0 Å². The number of nitrogens with one attached hydrogen (secondary N) is 1. The second kappa shape index (κ2) is 13.8. The molecular weight excluding hydrogens is 406 g/mol. The highest BCUT2D eigenvalue weighted by molar-refractivity contribution is 5.80. The van der Waals surface area contributed by atoms with Gasteiger partial charge in [-0.3, -0.25) is 4.79 Å². The highest BCUT2D eigenvalue weighted by atomic mass is 16.5. The molecule has 0 bridgehead atoms. The van der Waals surface area contributed by atoms with Crippen molar-refractivity contribution < 1.29 is 14.3 Å². The topological polar surface area (TPSA) is 92.4 Å². The molecule has 1 heterocycles. The Labute approximate surface area is 193 Å². The predicted octanol–water partition coefficient (Wildman–Crippen LogP) is 2.47. The number of rotatable bonds is 12. The molecule has 1 aliphatic heterocycles. The average molecular weight is 448 g/mol. The first-order valence-corrected chi connectivity index (χ1v) is 11.8. The SMILES string of the molecule is CCNC(=NCc1ccc(OCCN(CC)CC)c(OC)c1)N1CCCC(CC(N)=O)C1. The van der Waals surface area contributed by atoms with Crippen LogP contribution in [0, 0.1) is 5.92 Å². The number of carbonyl (C=O) groups excluding carboxylic acids is 1. The maximum absolute atomic E-state index is 11.3. The zero-order chi connectivity index (χ0) is 23.3. The summed E-state index contributed by atoms with van der Waals surface area (Å²) < 4.78 is 11.5. The molecule has 0 aromatic heterocycles. The van der Waals surface area contributed by atoms with Crippen LogP contribution >= 0.6 is 0 Å². The van der Waals surface area contributed by atoms with Gasteiger partial charge in [-0.25, -0.2) is 4.99 Å². The fourth-order valence-corrected chi connectivity index (χ4v) is 4.05. The van der Waals surface area contributed by atoms with Gasteiger partial charge in [0, 0.05) is 32.6 Å². The van der Waals surface area contributed by atoms with Crippen molar-refractivity contribution in [3.8, 4) is 11.5 Å². The third-order valence-electron chi connectivity index (χ3n) is 5.84. The number of carbonyl (C=O) groups is 1. The number of primary amides is 1. The van der Waals surface area contributed by atoms with Crippen LogP contribution in [-0.4, -0.2) is 74.7 Å². The standard InChI is InChI=1S/C24H41N5O3/c1-5-26-24(29-12-8-9-20(18-29)16-23(25)30)27-17-19-10-11-21(22(15-19)31-4)32-14-13-28(6-2)7-3/h10-11,15,20H,5-9,12-14,16-18H2,1-4H3,(H2,25,30)(H,26,27). The van der Waals surface area contributed by atoms with E-state index in [1.165, 1.54) is 0 Å². The Bertz CT molecular complexity index is 736. The number of guanidine groups is 1. The van der Waals surface area contributed by atoms with E-state index in [-0.39, 0.29) is 11.8 Å². The van der Waals surface area contributed by atoms with Crippen molar-refractivity contribution in [2.24, 2.45) is 16.6 Å². The Morgan fingerprint density at radius 3 is 2.72 bits per heavy atom. The number of hydrogen-bond acceptors (Lipinski definition) is 5. The number of likely N-dealkylation sites (N-methyl/N-ethyl adjacent to an activating group) is 1. The first-order chi connectivity index (χ1) is 15.5. The van der Waals surface area contributed by atoms with E-state index in [9.17, 15) is 4.79 Å². The average Bonchev–Trinajstić information content (AvgIpc) is 2.79. The summed E-state index contributed by atoms with van der Waals surface area (Å²) in [5.41, 5.74) is 6.46. The summed E-state index contributed by atoms with van der Waals surface area (Å²) in [6.07, 6.45) is 2.50. The molecule has 1 aliphatic rings. The van der Waals surface area contributed by atoms with Gasteiger partial charge >= 0.3 is 0 Å². The maximum Gasteiger partial charge on any atom is 0.217 e. The van der Waals surface area contributed by atoms with Gasteiger partial charge in [-0.05, 0) is 56.5 Å². The summed E-state index contributed by atoms with van der Waals surface area (Å²) in [6.45, 7) is 13.0. The van der Waals surface area contributed by atoms with E-state index >= 15 is 0 Å². The first-order valence-electron chi connectivity index (χ1n) is 11.8. The van der Waals surface area contributed by atoms with Crippen LogP contribution in [0.3, 0.4) is 0 Å². The molecule has 3 N–H and O–H groups in total. The highest BCUT2D eigenvalue weighted by Crippen LogP contribution is 2.28. The molecule has 1 amide bonds. The molecule has 1 atom stereocenters. The maximum atomic E-state index is 11.3. The van der Waals surface area contributed by atoms with E-state index in [0.29, 0.717) is 19.6 Å². The van der Waals surface area contributed by atoms with Crippen LogP contribution in [0.1, 0.15) is 45.6 Å². The predicted molar refractivity (Wildman–Crippen MR) is 129 cm³/mol. The van der Waals surface area contributed by atoms with Crippen molar-refractivity contribution in [1.82, 2.24) is 15.1 Å². The van der Waals surface area contributed by atoms with Gasteiger partial charge in [-0.1, -0.05) is 19.9 Å². The number of hydrogen-bond donors (Lipinski definition) is 2. The zero-order valence-corrected chi connectivity index (χ0v) is 20.2. The molecular formula is C24H41N5O3. The number of likely N-dealkylation sites (tertiary alicyclic amines) is 1. The van der Waals surface area contributed by atoms with Crippen LogP contribution in [0.15, 0.2) is 23.2 Å². The lowest BCUT2D eigenvalue weighted by atomic mass is 9.95. The summed E-state index contributed by atoms with van der Waals surface area (Å²) in [7, 11) is 1.66. The second-order valence-electron chi connectivity index (χ2n) is 8.16.